The summed E-state index contributed by atoms with van der Waals surface area (Å²) in [5.41, 5.74) is 1.18. The van der Waals surface area contributed by atoms with Crippen molar-refractivity contribution in [2.45, 2.75) is 26.8 Å². The van der Waals surface area contributed by atoms with Gasteiger partial charge in [-0.1, -0.05) is 6.92 Å². The molecule has 0 aliphatic heterocycles. The molecule has 0 aliphatic rings. The number of nitrogens with zero attached hydrogens (tertiary/aromatic N) is 2. The third-order valence-electron chi connectivity index (χ3n) is 2.42. The van der Waals surface area contributed by atoms with E-state index in [2.05, 4.69) is 45.1 Å². The number of nitrogens with one attached hydrogen (secondary N) is 1. The summed E-state index contributed by atoms with van der Waals surface area (Å²) in [6.45, 7) is 4.93. The normalized spacial score (nSPS) is 10.5. The molecule has 0 unspecified atom stereocenters. The molecule has 3 nitrogen and oxygen atoms in total. The second-order valence-electron chi connectivity index (χ2n) is 3.75. The Kier molecular flexibility index (Phi) is 4.12. The lowest BCUT2D eigenvalue weighted by molar-refractivity contribution is 1.07. The molecule has 0 atom stereocenters. The van der Waals surface area contributed by atoms with E-state index >= 15 is 0 Å². The zero-order chi connectivity index (χ0) is 12.3. The van der Waals surface area contributed by atoms with Crippen LogP contribution in [0, 0.1) is 6.92 Å². The number of aryl methyl sites for hydroxylation is 2. The van der Waals surface area contributed by atoms with Gasteiger partial charge < -0.3 is 5.32 Å². The average molecular weight is 312 g/mol. The van der Waals surface area contributed by atoms with E-state index in [0.29, 0.717) is 0 Å². The predicted octanol–water partition coefficient (Wildman–Crippen LogP) is 3.78. The second-order valence-corrected chi connectivity index (χ2v) is 5.80. The number of anilines is 1. The van der Waals surface area contributed by atoms with Crippen molar-refractivity contribution in [3.05, 3.63) is 38.4 Å². The number of aromatic nitrogens is 2. The van der Waals surface area contributed by atoms with Crippen LogP contribution in [-0.2, 0) is 13.0 Å². The van der Waals surface area contributed by atoms with Crippen molar-refractivity contribution in [3.63, 3.8) is 0 Å². The molecular formula is C12H14BrN3S. The highest BCUT2D eigenvalue weighted by molar-refractivity contribution is 9.10. The van der Waals surface area contributed by atoms with Gasteiger partial charge in [-0.3, -0.25) is 0 Å². The van der Waals surface area contributed by atoms with Crippen LogP contribution in [0.2, 0.25) is 0 Å². The van der Waals surface area contributed by atoms with Crippen LogP contribution in [0.15, 0.2) is 22.9 Å². The Balaban J connectivity index is 1.99. The molecule has 2 rings (SSSR count). The molecule has 90 valence electrons. The van der Waals surface area contributed by atoms with Crippen LogP contribution in [0.4, 0.5) is 5.82 Å². The average Bonchev–Trinajstić information content (AvgIpc) is 2.79. The first-order chi connectivity index (χ1) is 8.19. The van der Waals surface area contributed by atoms with E-state index in [1.807, 2.05) is 18.5 Å². The van der Waals surface area contributed by atoms with E-state index in [4.69, 9.17) is 0 Å². The smallest absolute Gasteiger partial charge is 0.126 e. The molecule has 0 bridgehead atoms. The van der Waals surface area contributed by atoms with Crippen LogP contribution < -0.4 is 5.32 Å². The number of hydrogen-bond donors (Lipinski definition) is 1. The van der Waals surface area contributed by atoms with Gasteiger partial charge in [-0.15, -0.1) is 11.3 Å². The standard InChI is InChI=1S/C12H14BrN3S/c1-3-9-5-16-12(17-9)7-15-11-4-8(2)10(13)6-14-11/h4-6H,3,7H2,1-2H3,(H,14,15). The molecule has 2 heterocycles. The number of halogens is 1. The van der Waals surface area contributed by atoms with Gasteiger partial charge in [-0.2, -0.15) is 0 Å². The van der Waals surface area contributed by atoms with E-state index in [9.17, 15) is 0 Å². The lowest BCUT2D eigenvalue weighted by Gasteiger charge is -2.05. The monoisotopic (exact) mass is 311 g/mol. The van der Waals surface area contributed by atoms with Crippen molar-refractivity contribution in [1.29, 1.82) is 0 Å². The lowest BCUT2D eigenvalue weighted by Crippen LogP contribution is -2.01. The zero-order valence-corrected chi connectivity index (χ0v) is 12.2. The summed E-state index contributed by atoms with van der Waals surface area (Å²) in [5.74, 6) is 0.888. The molecule has 17 heavy (non-hydrogen) atoms. The number of rotatable bonds is 4. The fourth-order valence-corrected chi connectivity index (χ4v) is 2.41. The van der Waals surface area contributed by atoms with Gasteiger partial charge in [0.15, 0.2) is 0 Å². The van der Waals surface area contributed by atoms with Gasteiger partial charge in [0, 0.05) is 21.7 Å². The van der Waals surface area contributed by atoms with E-state index < -0.39 is 0 Å². The van der Waals surface area contributed by atoms with Gasteiger partial charge >= 0.3 is 0 Å². The first kappa shape index (κ1) is 12.5. The minimum absolute atomic E-state index is 0.735. The lowest BCUT2D eigenvalue weighted by atomic mass is 10.3. The number of pyridine rings is 1. The molecule has 2 aromatic rings. The molecule has 0 aliphatic carbocycles. The molecule has 0 radical (unpaired) electrons. The highest BCUT2D eigenvalue weighted by atomic mass is 79.9. The quantitative estimate of drug-likeness (QED) is 0.933. The Morgan fingerprint density at radius 1 is 1.35 bits per heavy atom. The molecule has 0 amide bonds. The molecule has 0 saturated carbocycles. The molecule has 0 saturated heterocycles. The first-order valence-electron chi connectivity index (χ1n) is 5.48. The van der Waals surface area contributed by atoms with E-state index in [1.54, 1.807) is 11.3 Å². The Bertz CT molecular complexity index is 510. The van der Waals surface area contributed by atoms with E-state index in [1.165, 1.54) is 10.4 Å². The minimum Gasteiger partial charge on any atom is -0.364 e. The van der Waals surface area contributed by atoms with Crippen molar-refractivity contribution in [3.8, 4) is 0 Å². The van der Waals surface area contributed by atoms with Crippen molar-refractivity contribution in [2.24, 2.45) is 0 Å². The maximum absolute atomic E-state index is 4.36. The molecule has 0 aromatic carbocycles. The number of hydrogen-bond acceptors (Lipinski definition) is 4. The summed E-state index contributed by atoms with van der Waals surface area (Å²) >= 11 is 5.19. The van der Waals surface area contributed by atoms with Crippen LogP contribution in [0.3, 0.4) is 0 Å². The topological polar surface area (TPSA) is 37.8 Å². The third kappa shape index (κ3) is 3.26. The van der Waals surface area contributed by atoms with Gasteiger partial charge in [0.2, 0.25) is 0 Å². The van der Waals surface area contributed by atoms with Crippen LogP contribution in [0.1, 0.15) is 22.4 Å². The fourth-order valence-electron chi connectivity index (χ4n) is 1.40. The van der Waals surface area contributed by atoms with Gasteiger partial charge in [0.1, 0.15) is 10.8 Å². The highest BCUT2D eigenvalue weighted by Crippen LogP contribution is 2.19. The summed E-state index contributed by atoms with van der Waals surface area (Å²) in [7, 11) is 0. The molecule has 2 aromatic heterocycles. The molecule has 1 N–H and O–H groups in total. The fraction of sp³-hybridized carbons (Fsp3) is 0.333. The molecule has 0 fully saturated rings. The van der Waals surface area contributed by atoms with Crippen molar-refractivity contribution < 1.29 is 0 Å². The Morgan fingerprint density at radius 3 is 2.82 bits per heavy atom. The maximum Gasteiger partial charge on any atom is 0.126 e. The van der Waals surface area contributed by atoms with Crippen molar-refractivity contribution >= 4 is 33.1 Å². The Hall–Kier alpha value is -0.940. The Morgan fingerprint density at radius 2 is 2.18 bits per heavy atom. The summed E-state index contributed by atoms with van der Waals surface area (Å²) in [4.78, 5) is 9.98. The number of thiazole rings is 1. The van der Waals surface area contributed by atoms with Crippen LogP contribution in [0.25, 0.3) is 0 Å². The highest BCUT2D eigenvalue weighted by Gasteiger charge is 2.02. The maximum atomic E-state index is 4.36. The van der Waals surface area contributed by atoms with Crippen molar-refractivity contribution in [2.75, 3.05) is 5.32 Å². The summed E-state index contributed by atoms with van der Waals surface area (Å²) < 4.78 is 1.03. The molecule has 0 spiro atoms. The van der Waals surface area contributed by atoms with Gasteiger partial charge in [-0.25, -0.2) is 9.97 Å². The molecular weight excluding hydrogens is 298 g/mol. The van der Waals surface area contributed by atoms with Gasteiger partial charge in [0.05, 0.1) is 6.54 Å². The van der Waals surface area contributed by atoms with Crippen LogP contribution in [-0.4, -0.2) is 9.97 Å². The van der Waals surface area contributed by atoms with Gasteiger partial charge in [0.25, 0.3) is 0 Å². The zero-order valence-electron chi connectivity index (χ0n) is 9.83. The molecule has 5 heteroatoms. The third-order valence-corrected chi connectivity index (χ3v) is 4.39. The van der Waals surface area contributed by atoms with E-state index in [-0.39, 0.29) is 0 Å². The summed E-state index contributed by atoms with van der Waals surface area (Å²) in [6, 6.07) is 2.03. The SMILES string of the molecule is CCc1cnc(CNc2cc(C)c(Br)cn2)s1. The first-order valence-corrected chi connectivity index (χ1v) is 7.09. The van der Waals surface area contributed by atoms with Crippen LogP contribution >= 0.6 is 27.3 Å². The summed E-state index contributed by atoms with van der Waals surface area (Å²) in [6.07, 6.45) is 4.81. The summed E-state index contributed by atoms with van der Waals surface area (Å²) in [5, 5.41) is 4.38. The van der Waals surface area contributed by atoms with E-state index in [0.717, 1.165) is 28.3 Å². The Labute approximate surface area is 113 Å². The minimum atomic E-state index is 0.735. The van der Waals surface area contributed by atoms with Crippen molar-refractivity contribution in [1.82, 2.24) is 9.97 Å². The van der Waals surface area contributed by atoms with Gasteiger partial charge in [-0.05, 0) is 40.9 Å². The van der Waals surface area contributed by atoms with Crippen LogP contribution in [0.5, 0.6) is 0 Å². The predicted molar refractivity (Wildman–Crippen MR) is 75.5 cm³/mol. The largest absolute Gasteiger partial charge is 0.364 e. The second kappa shape index (κ2) is 5.60.